The summed E-state index contributed by atoms with van der Waals surface area (Å²) in [6.45, 7) is 6.95. The van der Waals surface area contributed by atoms with Gasteiger partial charge in [0, 0.05) is 18.5 Å². The number of nitrogens with one attached hydrogen (secondary N) is 1. The van der Waals surface area contributed by atoms with Crippen LogP contribution < -0.4 is 14.8 Å². The summed E-state index contributed by atoms with van der Waals surface area (Å²) in [6.07, 6.45) is 0.502. The third kappa shape index (κ3) is 4.47. The number of hydrogen-bond acceptors (Lipinski definition) is 7. The van der Waals surface area contributed by atoms with Gasteiger partial charge in [-0.15, -0.1) is 0 Å². The SMILES string of the molecule is CCC1C(Oc2nc3cc(OC)ccc3nc2Cl)CNC1C(=O)OCC(C)C. The molecule has 1 saturated heterocycles. The number of methoxy groups -OCH3 is 1. The molecule has 0 amide bonds. The van der Waals surface area contributed by atoms with E-state index in [0.717, 1.165) is 6.42 Å². The first-order valence-electron chi connectivity index (χ1n) is 9.50. The summed E-state index contributed by atoms with van der Waals surface area (Å²) in [4.78, 5) is 21.3. The summed E-state index contributed by atoms with van der Waals surface area (Å²) in [7, 11) is 1.59. The molecular formula is C20H26ClN3O4. The molecule has 0 saturated carbocycles. The van der Waals surface area contributed by atoms with Crippen LogP contribution in [0.25, 0.3) is 11.0 Å². The number of benzene rings is 1. The van der Waals surface area contributed by atoms with Crippen molar-refractivity contribution in [1.82, 2.24) is 15.3 Å². The molecule has 0 radical (unpaired) electrons. The van der Waals surface area contributed by atoms with E-state index in [4.69, 9.17) is 25.8 Å². The molecule has 1 aromatic heterocycles. The summed E-state index contributed by atoms with van der Waals surface area (Å²) in [5.41, 5.74) is 1.29. The zero-order valence-electron chi connectivity index (χ0n) is 16.6. The van der Waals surface area contributed by atoms with Crippen LogP contribution in [-0.4, -0.2) is 48.3 Å². The monoisotopic (exact) mass is 407 g/mol. The molecule has 1 aromatic carbocycles. The normalized spacial score (nSPS) is 21.9. The number of hydrogen-bond donors (Lipinski definition) is 1. The lowest BCUT2D eigenvalue weighted by Crippen LogP contribution is -2.38. The summed E-state index contributed by atoms with van der Waals surface area (Å²) < 4.78 is 16.7. The molecule has 1 fully saturated rings. The quantitative estimate of drug-likeness (QED) is 0.705. The average Bonchev–Trinajstić information content (AvgIpc) is 3.08. The Labute approximate surface area is 169 Å². The smallest absolute Gasteiger partial charge is 0.323 e. The predicted octanol–water partition coefficient (Wildman–Crippen LogP) is 3.24. The molecule has 1 aliphatic heterocycles. The van der Waals surface area contributed by atoms with Crippen LogP contribution >= 0.6 is 11.6 Å². The van der Waals surface area contributed by atoms with E-state index in [1.807, 2.05) is 20.8 Å². The lowest BCUT2D eigenvalue weighted by atomic mass is 9.95. The van der Waals surface area contributed by atoms with Crippen molar-refractivity contribution < 1.29 is 19.0 Å². The summed E-state index contributed by atoms with van der Waals surface area (Å²) in [6, 6.07) is 4.97. The minimum atomic E-state index is -0.402. The van der Waals surface area contributed by atoms with E-state index in [1.54, 1.807) is 25.3 Å². The fourth-order valence-electron chi connectivity index (χ4n) is 3.33. The number of rotatable bonds is 7. The van der Waals surface area contributed by atoms with E-state index >= 15 is 0 Å². The largest absolute Gasteiger partial charge is 0.497 e. The Balaban J connectivity index is 1.77. The number of nitrogens with zero attached hydrogens (tertiary/aromatic N) is 2. The van der Waals surface area contributed by atoms with Crippen molar-refractivity contribution in [3.8, 4) is 11.6 Å². The summed E-state index contributed by atoms with van der Waals surface area (Å²) in [5, 5.41) is 3.41. The molecule has 1 N–H and O–H groups in total. The molecule has 3 rings (SSSR count). The van der Waals surface area contributed by atoms with Gasteiger partial charge in [0.15, 0.2) is 5.15 Å². The van der Waals surface area contributed by atoms with E-state index in [2.05, 4.69) is 15.3 Å². The van der Waals surface area contributed by atoms with Crippen LogP contribution in [0.5, 0.6) is 11.6 Å². The maximum Gasteiger partial charge on any atom is 0.323 e. The number of carbonyl (C=O) groups excluding carboxylic acids is 1. The van der Waals surface area contributed by atoms with Crippen LogP contribution in [0, 0.1) is 11.8 Å². The Morgan fingerprint density at radius 1 is 1.32 bits per heavy atom. The Hall–Kier alpha value is -2.12. The van der Waals surface area contributed by atoms with Crippen molar-refractivity contribution in [3.63, 3.8) is 0 Å². The Bertz CT molecular complexity index is 846. The van der Waals surface area contributed by atoms with Gasteiger partial charge in [-0.05, 0) is 24.5 Å². The molecule has 2 aromatic rings. The minimum Gasteiger partial charge on any atom is -0.497 e. The van der Waals surface area contributed by atoms with E-state index in [1.165, 1.54) is 0 Å². The second kappa shape index (κ2) is 8.92. The Kier molecular flexibility index (Phi) is 6.57. The molecule has 1 aliphatic rings. The van der Waals surface area contributed by atoms with Gasteiger partial charge in [-0.25, -0.2) is 9.97 Å². The van der Waals surface area contributed by atoms with Gasteiger partial charge in [0.1, 0.15) is 17.9 Å². The van der Waals surface area contributed by atoms with Gasteiger partial charge in [-0.1, -0.05) is 32.4 Å². The maximum absolute atomic E-state index is 12.4. The van der Waals surface area contributed by atoms with Crippen LogP contribution in [0.1, 0.15) is 27.2 Å². The van der Waals surface area contributed by atoms with Gasteiger partial charge in [0.2, 0.25) is 0 Å². The number of esters is 1. The zero-order valence-corrected chi connectivity index (χ0v) is 17.3. The molecule has 7 nitrogen and oxygen atoms in total. The maximum atomic E-state index is 12.4. The van der Waals surface area contributed by atoms with E-state index < -0.39 is 6.04 Å². The van der Waals surface area contributed by atoms with Crippen LogP contribution in [0.4, 0.5) is 0 Å². The second-order valence-corrected chi connectivity index (χ2v) is 7.67. The van der Waals surface area contributed by atoms with E-state index in [9.17, 15) is 4.79 Å². The van der Waals surface area contributed by atoms with Crippen molar-refractivity contribution in [1.29, 1.82) is 0 Å². The Morgan fingerprint density at radius 3 is 2.79 bits per heavy atom. The van der Waals surface area contributed by atoms with Gasteiger partial charge in [-0.3, -0.25) is 4.79 Å². The van der Waals surface area contributed by atoms with E-state index in [0.29, 0.717) is 35.9 Å². The van der Waals surface area contributed by atoms with Crippen LogP contribution in [0.2, 0.25) is 5.15 Å². The molecule has 8 heteroatoms. The molecule has 2 heterocycles. The van der Waals surface area contributed by atoms with Crippen LogP contribution in [0.15, 0.2) is 18.2 Å². The molecule has 0 bridgehead atoms. The highest BCUT2D eigenvalue weighted by Gasteiger charge is 2.41. The highest BCUT2D eigenvalue weighted by Crippen LogP contribution is 2.30. The van der Waals surface area contributed by atoms with Gasteiger partial charge >= 0.3 is 5.97 Å². The first kappa shape index (κ1) is 20.6. The molecular weight excluding hydrogens is 382 g/mol. The lowest BCUT2D eigenvalue weighted by Gasteiger charge is -2.22. The summed E-state index contributed by atoms with van der Waals surface area (Å²) >= 11 is 6.29. The van der Waals surface area contributed by atoms with Crippen LogP contribution in [0.3, 0.4) is 0 Å². The molecule has 28 heavy (non-hydrogen) atoms. The van der Waals surface area contributed by atoms with Gasteiger partial charge in [0.05, 0.1) is 24.8 Å². The Morgan fingerprint density at radius 2 is 2.11 bits per heavy atom. The predicted molar refractivity (Wildman–Crippen MR) is 107 cm³/mol. The molecule has 3 atom stereocenters. The number of fused-ring (bicyclic) bond motifs is 1. The summed E-state index contributed by atoms with van der Waals surface area (Å²) in [5.74, 6) is 0.938. The highest BCUT2D eigenvalue weighted by atomic mass is 35.5. The highest BCUT2D eigenvalue weighted by molar-refractivity contribution is 6.31. The van der Waals surface area contributed by atoms with Crippen molar-refractivity contribution >= 4 is 28.6 Å². The number of carbonyl (C=O) groups is 1. The van der Waals surface area contributed by atoms with Crippen LogP contribution in [-0.2, 0) is 9.53 Å². The minimum absolute atomic E-state index is 0.0430. The first-order valence-corrected chi connectivity index (χ1v) is 9.88. The van der Waals surface area contributed by atoms with Gasteiger partial charge < -0.3 is 19.5 Å². The standard InChI is InChI=1S/C20H26ClN3O4/c1-5-13-16(9-22-17(13)20(25)27-10-11(2)3)28-19-18(21)23-14-7-6-12(26-4)8-15(14)24-19/h6-8,11,13,16-17,22H,5,9-10H2,1-4H3. The van der Waals surface area contributed by atoms with Crippen molar-refractivity contribution in [2.75, 3.05) is 20.3 Å². The molecule has 152 valence electrons. The van der Waals surface area contributed by atoms with Crippen molar-refractivity contribution in [2.24, 2.45) is 11.8 Å². The van der Waals surface area contributed by atoms with Gasteiger partial charge in [-0.2, -0.15) is 0 Å². The third-order valence-electron chi connectivity index (χ3n) is 4.79. The number of ether oxygens (including phenoxy) is 3. The molecule has 0 spiro atoms. The first-order chi connectivity index (χ1) is 13.4. The van der Waals surface area contributed by atoms with E-state index in [-0.39, 0.29) is 29.0 Å². The molecule has 3 unspecified atom stereocenters. The average molecular weight is 408 g/mol. The fourth-order valence-corrected chi connectivity index (χ4v) is 3.50. The number of halogens is 1. The fraction of sp³-hybridized carbons (Fsp3) is 0.550. The molecule has 0 aliphatic carbocycles. The zero-order chi connectivity index (χ0) is 20.3. The van der Waals surface area contributed by atoms with Crippen molar-refractivity contribution in [3.05, 3.63) is 23.4 Å². The van der Waals surface area contributed by atoms with Crippen molar-refractivity contribution in [2.45, 2.75) is 39.3 Å². The topological polar surface area (TPSA) is 82.6 Å². The lowest BCUT2D eigenvalue weighted by molar-refractivity contribution is -0.148. The second-order valence-electron chi connectivity index (χ2n) is 7.31. The van der Waals surface area contributed by atoms with Gasteiger partial charge in [0.25, 0.3) is 5.88 Å². The number of aromatic nitrogens is 2. The third-order valence-corrected chi connectivity index (χ3v) is 5.04.